The SMILES string of the molecule is CCOc1ncc(NC(=O)c2sc(C)nc2C)c(OCC)n1. The van der Waals surface area contributed by atoms with Crippen molar-refractivity contribution in [3.05, 3.63) is 21.8 Å². The number of hydrogen-bond acceptors (Lipinski definition) is 7. The molecule has 0 bridgehead atoms. The van der Waals surface area contributed by atoms with Crippen molar-refractivity contribution >= 4 is 22.9 Å². The summed E-state index contributed by atoms with van der Waals surface area (Å²) in [5.74, 6) is 0.0324. The second-order valence-corrected chi connectivity index (χ2v) is 5.54. The first-order valence-corrected chi connectivity index (χ1v) is 7.74. The molecule has 0 aliphatic rings. The monoisotopic (exact) mass is 322 g/mol. The van der Waals surface area contributed by atoms with E-state index in [0.717, 1.165) is 5.01 Å². The van der Waals surface area contributed by atoms with Crippen LogP contribution in [0.25, 0.3) is 0 Å². The molecule has 0 saturated heterocycles. The van der Waals surface area contributed by atoms with Gasteiger partial charge >= 0.3 is 6.01 Å². The predicted molar refractivity (Wildman–Crippen MR) is 83.9 cm³/mol. The third-order valence-electron chi connectivity index (χ3n) is 2.64. The van der Waals surface area contributed by atoms with Crippen molar-refractivity contribution in [3.8, 4) is 11.9 Å². The number of hydrogen-bond donors (Lipinski definition) is 1. The minimum atomic E-state index is -0.253. The van der Waals surface area contributed by atoms with E-state index in [9.17, 15) is 4.79 Å². The molecule has 0 aromatic carbocycles. The van der Waals surface area contributed by atoms with E-state index in [4.69, 9.17) is 9.47 Å². The molecule has 8 heteroatoms. The summed E-state index contributed by atoms with van der Waals surface area (Å²) in [6.07, 6.45) is 1.48. The number of thiazole rings is 1. The van der Waals surface area contributed by atoms with Crippen LogP contribution in [0.15, 0.2) is 6.20 Å². The molecule has 22 heavy (non-hydrogen) atoms. The van der Waals surface area contributed by atoms with Crippen LogP contribution < -0.4 is 14.8 Å². The number of aryl methyl sites for hydroxylation is 2. The quantitative estimate of drug-likeness (QED) is 0.879. The van der Waals surface area contributed by atoms with Crippen LogP contribution in [-0.2, 0) is 0 Å². The largest absolute Gasteiger partial charge is 0.476 e. The number of amides is 1. The average Bonchev–Trinajstić information content (AvgIpc) is 2.81. The lowest BCUT2D eigenvalue weighted by atomic mass is 10.3. The Morgan fingerprint density at radius 2 is 1.95 bits per heavy atom. The molecule has 0 spiro atoms. The van der Waals surface area contributed by atoms with Gasteiger partial charge in [-0.25, -0.2) is 9.97 Å². The van der Waals surface area contributed by atoms with Gasteiger partial charge in [0.2, 0.25) is 5.88 Å². The van der Waals surface area contributed by atoms with Gasteiger partial charge in [-0.1, -0.05) is 0 Å². The van der Waals surface area contributed by atoms with Gasteiger partial charge in [0.15, 0.2) is 0 Å². The molecule has 2 aromatic heterocycles. The zero-order valence-electron chi connectivity index (χ0n) is 13.0. The molecule has 0 radical (unpaired) electrons. The van der Waals surface area contributed by atoms with E-state index in [-0.39, 0.29) is 17.8 Å². The van der Waals surface area contributed by atoms with Crippen LogP contribution >= 0.6 is 11.3 Å². The number of carbonyl (C=O) groups excluding carboxylic acids is 1. The Balaban J connectivity index is 2.24. The molecular formula is C14H18N4O3S. The standard InChI is InChI=1S/C14H18N4O3S/c1-5-20-13-10(7-15-14(18-13)21-6-2)17-12(19)11-8(3)16-9(4)22-11/h7H,5-6H2,1-4H3,(H,17,19). The molecule has 2 heterocycles. The van der Waals surface area contributed by atoms with Crippen LogP contribution in [0.5, 0.6) is 11.9 Å². The van der Waals surface area contributed by atoms with Crippen LogP contribution in [0.1, 0.15) is 34.2 Å². The molecule has 118 valence electrons. The van der Waals surface area contributed by atoms with Crippen LogP contribution in [0, 0.1) is 13.8 Å². The van der Waals surface area contributed by atoms with Crippen molar-refractivity contribution in [2.75, 3.05) is 18.5 Å². The summed E-state index contributed by atoms with van der Waals surface area (Å²) < 4.78 is 10.7. The van der Waals surface area contributed by atoms with Crippen molar-refractivity contribution in [2.45, 2.75) is 27.7 Å². The summed E-state index contributed by atoms with van der Waals surface area (Å²) in [6.45, 7) is 8.22. The highest BCUT2D eigenvalue weighted by molar-refractivity contribution is 7.13. The van der Waals surface area contributed by atoms with Crippen molar-refractivity contribution in [1.29, 1.82) is 0 Å². The fourth-order valence-corrected chi connectivity index (χ4v) is 2.62. The third kappa shape index (κ3) is 3.70. The summed E-state index contributed by atoms with van der Waals surface area (Å²) in [5, 5.41) is 3.60. The number of carbonyl (C=O) groups is 1. The first kappa shape index (κ1) is 16.2. The molecule has 0 atom stereocenters. The normalized spacial score (nSPS) is 10.4. The van der Waals surface area contributed by atoms with Gasteiger partial charge in [0.05, 0.1) is 30.1 Å². The summed E-state index contributed by atoms with van der Waals surface area (Å²) >= 11 is 1.34. The fraction of sp³-hybridized carbons (Fsp3) is 0.429. The number of anilines is 1. The van der Waals surface area contributed by atoms with Gasteiger partial charge in [-0.3, -0.25) is 4.79 Å². The molecule has 1 amide bonds. The number of aromatic nitrogens is 3. The molecule has 0 aliphatic carbocycles. The summed E-state index contributed by atoms with van der Waals surface area (Å²) in [7, 11) is 0. The molecule has 0 fully saturated rings. The highest BCUT2D eigenvalue weighted by atomic mass is 32.1. The molecule has 2 rings (SSSR count). The molecule has 7 nitrogen and oxygen atoms in total. The lowest BCUT2D eigenvalue weighted by Crippen LogP contribution is -2.14. The molecular weight excluding hydrogens is 304 g/mol. The Labute approximate surface area is 132 Å². The van der Waals surface area contributed by atoms with E-state index in [1.807, 2.05) is 20.8 Å². The van der Waals surface area contributed by atoms with Gasteiger partial charge < -0.3 is 14.8 Å². The van der Waals surface area contributed by atoms with E-state index in [1.54, 1.807) is 6.92 Å². The van der Waals surface area contributed by atoms with Crippen molar-refractivity contribution in [2.24, 2.45) is 0 Å². The third-order valence-corrected chi connectivity index (χ3v) is 3.72. The Kier molecular flexibility index (Phi) is 5.26. The molecule has 0 aliphatic heterocycles. The molecule has 0 unspecified atom stereocenters. The lowest BCUT2D eigenvalue weighted by Gasteiger charge is -2.11. The van der Waals surface area contributed by atoms with Gasteiger partial charge in [0.25, 0.3) is 5.91 Å². The first-order chi connectivity index (χ1) is 10.5. The Morgan fingerprint density at radius 1 is 1.23 bits per heavy atom. The summed E-state index contributed by atoms with van der Waals surface area (Å²) in [6, 6.07) is 0.216. The Hall–Kier alpha value is -2.22. The second-order valence-electron chi connectivity index (χ2n) is 4.34. The van der Waals surface area contributed by atoms with Crippen molar-refractivity contribution in [1.82, 2.24) is 15.0 Å². The maximum atomic E-state index is 12.3. The minimum absolute atomic E-state index is 0.216. The molecule has 2 aromatic rings. The van der Waals surface area contributed by atoms with Crippen LogP contribution in [0.3, 0.4) is 0 Å². The highest BCUT2D eigenvalue weighted by Crippen LogP contribution is 2.25. The number of rotatable bonds is 6. The Bertz CT molecular complexity index is 672. The molecule has 0 saturated carbocycles. The number of nitrogens with one attached hydrogen (secondary N) is 1. The zero-order chi connectivity index (χ0) is 16.1. The number of nitrogens with zero attached hydrogens (tertiary/aromatic N) is 3. The van der Waals surface area contributed by atoms with Crippen LogP contribution in [0.2, 0.25) is 0 Å². The first-order valence-electron chi connectivity index (χ1n) is 6.93. The topological polar surface area (TPSA) is 86.2 Å². The van der Waals surface area contributed by atoms with Crippen LogP contribution in [-0.4, -0.2) is 34.1 Å². The van der Waals surface area contributed by atoms with E-state index < -0.39 is 0 Å². The summed E-state index contributed by atoms with van der Waals surface area (Å²) in [5.41, 5.74) is 1.10. The lowest BCUT2D eigenvalue weighted by molar-refractivity contribution is 0.102. The van der Waals surface area contributed by atoms with Gasteiger partial charge in [-0.15, -0.1) is 11.3 Å². The van der Waals surface area contributed by atoms with E-state index in [0.29, 0.717) is 29.5 Å². The van der Waals surface area contributed by atoms with E-state index in [2.05, 4.69) is 20.3 Å². The van der Waals surface area contributed by atoms with Gasteiger partial charge in [0.1, 0.15) is 10.6 Å². The van der Waals surface area contributed by atoms with E-state index in [1.165, 1.54) is 17.5 Å². The van der Waals surface area contributed by atoms with E-state index >= 15 is 0 Å². The maximum absolute atomic E-state index is 12.3. The average molecular weight is 322 g/mol. The summed E-state index contributed by atoms with van der Waals surface area (Å²) in [4.78, 5) is 25.3. The molecule has 1 N–H and O–H groups in total. The minimum Gasteiger partial charge on any atom is -0.476 e. The van der Waals surface area contributed by atoms with Gasteiger partial charge in [-0.05, 0) is 27.7 Å². The van der Waals surface area contributed by atoms with Crippen molar-refractivity contribution < 1.29 is 14.3 Å². The second kappa shape index (κ2) is 7.17. The van der Waals surface area contributed by atoms with Gasteiger partial charge in [0, 0.05) is 0 Å². The Morgan fingerprint density at radius 3 is 2.55 bits per heavy atom. The maximum Gasteiger partial charge on any atom is 0.319 e. The smallest absolute Gasteiger partial charge is 0.319 e. The number of ether oxygens (including phenoxy) is 2. The fourth-order valence-electron chi connectivity index (χ4n) is 1.80. The van der Waals surface area contributed by atoms with Crippen LogP contribution in [0.4, 0.5) is 5.69 Å². The van der Waals surface area contributed by atoms with Crippen molar-refractivity contribution in [3.63, 3.8) is 0 Å². The highest BCUT2D eigenvalue weighted by Gasteiger charge is 2.17. The van der Waals surface area contributed by atoms with Gasteiger partial charge in [-0.2, -0.15) is 4.98 Å². The zero-order valence-corrected chi connectivity index (χ0v) is 13.8. The predicted octanol–water partition coefficient (Wildman–Crippen LogP) is 2.60.